The fourth-order valence-electron chi connectivity index (χ4n) is 2.79. The minimum Gasteiger partial charge on any atom is -0.465 e. The molecule has 1 heterocycles. The van der Waals surface area contributed by atoms with E-state index in [9.17, 15) is 4.79 Å². The highest BCUT2D eigenvalue weighted by Crippen LogP contribution is 2.32. The number of methoxy groups -OCH3 is 1. The Kier molecular flexibility index (Phi) is 4.49. The molecule has 0 N–H and O–H groups in total. The molecular formula is C21H16N2O2. The largest absolute Gasteiger partial charge is 0.465 e. The topological polar surface area (TPSA) is 55.0 Å². The first-order chi connectivity index (χ1) is 12.2. The SMILES string of the molecule is C=Cc1cc(C(=O)OC)c(-c2ccc(C#N)cc2)n1-c1ccccc1. The second-order valence-electron chi connectivity index (χ2n) is 5.39. The Morgan fingerprint density at radius 3 is 2.40 bits per heavy atom. The summed E-state index contributed by atoms with van der Waals surface area (Å²) in [5, 5.41) is 9.01. The molecule has 0 amide bonds. The van der Waals surface area contributed by atoms with Crippen molar-refractivity contribution < 1.29 is 9.53 Å². The highest BCUT2D eigenvalue weighted by Gasteiger charge is 2.22. The van der Waals surface area contributed by atoms with Crippen molar-refractivity contribution in [1.29, 1.82) is 5.26 Å². The van der Waals surface area contributed by atoms with E-state index < -0.39 is 5.97 Å². The van der Waals surface area contributed by atoms with Gasteiger partial charge in [-0.2, -0.15) is 5.26 Å². The van der Waals surface area contributed by atoms with Gasteiger partial charge in [0, 0.05) is 11.4 Å². The van der Waals surface area contributed by atoms with Gasteiger partial charge in [-0.1, -0.05) is 36.9 Å². The van der Waals surface area contributed by atoms with Crippen LogP contribution in [0.4, 0.5) is 0 Å². The van der Waals surface area contributed by atoms with E-state index in [0.29, 0.717) is 16.8 Å². The first kappa shape index (κ1) is 16.3. The molecule has 25 heavy (non-hydrogen) atoms. The summed E-state index contributed by atoms with van der Waals surface area (Å²) in [7, 11) is 1.36. The van der Waals surface area contributed by atoms with Crippen LogP contribution < -0.4 is 0 Å². The Morgan fingerprint density at radius 1 is 1.16 bits per heavy atom. The van der Waals surface area contributed by atoms with E-state index in [1.54, 1.807) is 24.3 Å². The Labute approximate surface area is 146 Å². The molecule has 0 bridgehead atoms. The van der Waals surface area contributed by atoms with Crippen LogP contribution in [-0.2, 0) is 4.74 Å². The van der Waals surface area contributed by atoms with Gasteiger partial charge >= 0.3 is 5.97 Å². The quantitative estimate of drug-likeness (QED) is 0.665. The second kappa shape index (κ2) is 6.90. The lowest BCUT2D eigenvalue weighted by molar-refractivity contribution is 0.0602. The van der Waals surface area contributed by atoms with Gasteiger partial charge in [0.1, 0.15) is 0 Å². The van der Waals surface area contributed by atoms with Crippen molar-refractivity contribution in [2.24, 2.45) is 0 Å². The van der Waals surface area contributed by atoms with Gasteiger partial charge in [0.15, 0.2) is 0 Å². The summed E-state index contributed by atoms with van der Waals surface area (Å²) in [5.41, 5.74) is 4.22. The summed E-state index contributed by atoms with van der Waals surface area (Å²) >= 11 is 0. The van der Waals surface area contributed by atoms with Crippen LogP contribution in [0.25, 0.3) is 23.0 Å². The van der Waals surface area contributed by atoms with Crippen LogP contribution in [0.1, 0.15) is 21.6 Å². The number of ether oxygens (including phenoxy) is 1. The summed E-state index contributed by atoms with van der Waals surface area (Å²) in [4.78, 5) is 12.3. The Bertz CT molecular complexity index is 962. The minimum absolute atomic E-state index is 0.419. The van der Waals surface area contributed by atoms with Crippen LogP contribution >= 0.6 is 0 Å². The van der Waals surface area contributed by atoms with Crippen molar-refractivity contribution in [3.8, 4) is 23.0 Å². The van der Waals surface area contributed by atoms with Crippen LogP contribution in [0.3, 0.4) is 0 Å². The van der Waals surface area contributed by atoms with Crippen LogP contribution in [-0.4, -0.2) is 17.6 Å². The lowest BCUT2D eigenvalue weighted by Crippen LogP contribution is -2.05. The standard InChI is InChI=1S/C21H16N2O2/c1-3-17-13-19(21(24)25-2)20(16-11-9-15(14-22)10-12-16)23(17)18-7-5-4-6-8-18/h3-13H,1H2,2H3. The monoisotopic (exact) mass is 328 g/mol. The summed E-state index contributed by atoms with van der Waals surface area (Å²) in [6.07, 6.45) is 1.70. The van der Waals surface area contributed by atoms with Crippen LogP contribution in [0.5, 0.6) is 0 Å². The zero-order chi connectivity index (χ0) is 17.8. The molecule has 0 spiro atoms. The normalized spacial score (nSPS) is 10.1. The van der Waals surface area contributed by atoms with E-state index in [2.05, 4.69) is 12.6 Å². The predicted octanol–water partition coefficient (Wildman–Crippen LogP) is 4.45. The third kappa shape index (κ3) is 2.96. The number of carbonyl (C=O) groups is 1. The summed E-state index contributed by atoms with van der Waals surface area (Å²) < 4.78 is 6.91. The molecule has 0 atom stereocenters. The van der Waals surface area contributed by atoms with Gasteiger partial charge in [-0.3, -0.25) is 0 Å². The molecule has 122 valence electrons. The molecule has 0 aliphatic carbocycles. The number of nitriles is 1. The van der Waals surface area contributed by atoms with Gasteiger partial charge in [-0.05, 0) is 42.0 Å². The third-order valence-corrected chi connectivity index (χ3v) is 3.95. The molecule has 3 aromatic rings. The van der Waals surface area contributed by atoms with Crippen molar-refractivity contribution in [2.45, 2.75) is 0 Å². The smallest absolute Gasteiger partial charge is 0.340 e. The first-order valence-electron chi connectivity index (χ1n) is 7.72. The molecule has 0 aliphatic heterocycles. The maximum Gasteiger partial charge on any atom is 0.340 e. The average molecular weight is 328 g/mol. The molecule has 4 heteroatoms. The summed E-state index contributed by atoms with van der Waals surface area (Å²) in [5.74, 6) is -0.419. The van der Waals surface area contributed by atoms with Gasteiger partial charge in [-0.15, -0.1) is 0 Å². The lowest BCUT2D eigenvalue weighted by Gasteiger charge is -2.13. The molecule has 0 saturated heterocycles. The van der Waals surface area contributed by atoms with Crippen molar-refractivity contribution in [3.63, 3.8) is 0 Å². The van der Waals surface area contributed by atoms with Gasteiger partial charge in [0.2, 0.25) is 0 Å². The number of hydrogen-bond acceptors (Lipinski definition) is 3. The van der Waals surface area contributed by atoms with Crippen LogP contribution in [0, 0.1) is 11.3 Å². The summed E-state index contributed by atoms with van der Waals surface area (Å²) in [6.45, 7) is 3.86. The maximum atomic E-state index is 12.3. The Hall–Kier alpha value is -3.58. The van der Waals surface area contributed by atoms with E-state index in [-0.39, 0.29) is 0 Å². The number of carbonyl (C=O) groups excluding carboxylic acids is 1. The third-order valence-electron chi connectivity index (χ3n) is 3.95. The Balaban J connectivity index is 2.33. The second-order valence-corrected chi connectivity index (χ2v) is 5.39. The molecule has 4 nitrogen and oxygen atoms in total. The zero-order valence-electron chi connectivity index (χ0n) is 13.8. The highest BCUT2D eigenvalue weighted by atomic mass is 16.5. The van der Waals surface area contributed by atoms with E-state index in [0.717, 1.165) is 16.9 Å². The van der Waals surface area contributed by atoms with Crippen molar-refractivity contribution >= 4 is 12.0 Å². The number of nitrogens with zero attached hydrogens (tertiary/aromatic N) is 2. The number of para-hydroxylation sites is 1. The van der Waals surface area contributed by atoms with Crippen molar-refractivity contribution in [2.75, 3.05) is 7.11 Å². The molecule has 0 unspecified atom stereocenters. The zero-order valence-corrected chi connectivity index (χ0v) is 13.8. The molecule has 0 aliphatic rings. The Morgan fingerprint density at radius 2 is 1.84 bits per heavy atom. The van der Waals surface area contributed by atoms with E-state index >= 15 is 0 Å². The number of esters is 1. The van der Waals surface area contributed by atoms with Crippen LogP contribution in [0.15, 0.2) is 67.2 Å². The van der Waals surface area contributed by atoms with Gasteiger partial charge in [-0.25, -0.2) is 4.79 Å². The number of aromatic nitrogens is 1. The fraction of sp³-hybridized carbons (Fsp3) is 0.0476. The summed E-state index contributed by atoms with van der Waals surface area (Å²) in [6, 6.07) is 20.7. The molecule has 0 radical (unpaired) electrons. The van der Waals surface area contributed by atoms with Crippen LogP contribution in [0.2, 0.25) is 0 Å². The predicted molar refractivity (Wildman–Crippen MR) is 97.4 cm³/mol. The first-order valence-corrected chi connectivity index (χ1v) is 7.72. The lowest BCUT2D eigenvalue weighted by atomic mass is 10.1. The number of benzene rings is 2. The average Bonchev–Trinajstić information content (AvgIpc) is 3.07. The number of rotatable bonds is 4. The molecule has 3 rings (SSSR count). The van der Waals surface area contributed by atoms with Gasteiger partial charge < -0.3 is 9.30 Å². The number of hydrogen-bond donors (Lipinski definition) is 0. The maximum absolute atomic E-state index is 12.3. The van der Waals surface area contributed by atoms with Gasteiger partial charge in [0.25, 0.3) is 0 Å². The van der Waals surface area contributed by atoms with E-state index in [4.69, 9.17) is 10.00 Å². The van der Waals surface area contributed by atoms with E-state index in [1.807, 2.05) is 47.0 Å². The minimum atomic E-state index is -0.419. The van der Waals surface area contributed by atoms with Crippen molar-refractivity contribution in [3.05, 3.63) is 84.1 Å². The molecule has 0 fully saturated rings. The van der Waals surface area contributed by atoms with E-state index in [1.165, 1.54) is 7.11 Å². The molecule has 0 saturated carbocycles. The van der Waals surface area contributed by atoms with Crippen molar-refractivity contribution in [1.82, 2.24) is 4.57 Å². The molecular weight excluding hydrogens is 312 g/mol. The molecule has 1 aromatic heterocycles. The highest BCUT2D eigenvalue weighted by molar-refractivity contribution is 5.98. The fourth-order valence-corrected chi connectivity index (χ4v) is 2.79. The van der Waals surface area contributed by atoms with Gasteiger partial charge in [0.05, 0.1) is 30.0 Å². The molecule has 2 aromatic carbocycles.